The van der Waals surface area contributed by atoms with Crippen molar-refractivity contribution in [2.45, 2.75) is 11.4 Å². The Hall–Kier alpha value is -2.07. The second kappa shape index (κ2) is 7.67. The van der Waals surface area contributed by atoms with Gasteiger partial charge in [-0.3, -0.25) is 4.79 Å². The maximum absolute atomic E-state index is 12.9. The molecule has 0 spiro atoms. The summed E-state index contributed by atoms with van der Waals surface area (Å²) in [6.45, 7) is 0.128. The van der Waals surface area contributed by atoms with E-state index in [1.165, 1.54) is 48.5 Å². The second-order valence-electron chi connectivity index (χ2n) is 5.26. The summed E-state index contributed by atoms with van der Waals surface area (Å²) in [4.78, 5) is 15.0. The zero-order chi connectivity index (χ0) is 18.7. The molecular formula is C16H13ClFN3O3S2. The molecule has 136 valence electrons. The third kappa shape index (κ3) is 4.01. The fourth-order valence-electron chi connectivity index (χ4n) is 2.16. The molecule has 26 heavy (non-hydrogen) atoms. The lowest BCUT2D eigenvalue weighted by Gasteiger charge is -2.08. The van der Waals surface area contributed by atoms with Gasteiger partial charge in [0.25, 0.3) is 5.91 Å². The lowest BCUT2D eigenvalue weighted by Crippen LogP contribution is -2.33. The minimum atomic E-state index is -3.89. The van der Waals surface area contributed by atoms with Gasteiger partial charge in [-0.1, -0.05) is 23.7 Å². The Morgan fingerprint density at radius 2 is 1.77 bits per heavy atom. The number of amides is 1. The molecular weight excluding hydrogens is 401 g/mol. The third-order valence-electron chi connectivity index (χ3n) is 3.49. The van der Waals surface area contributed by atoms with Gasteiger partial charge in [-0.15, -0.1) is 0 Å². The summed E-state index contributed by atoms with van der Waals surface area (Å²) in [5, 5.41) is 3.01. The van der Waals surface area contributed by atoms with Crippen LogP contribution in [0.3, 0.4) is 0 Å². The predicted molar refractivity (Wildman–Crippen MR) is 97.8 cm³/mol. The van der Waals surface area contributed by atoms with Gasteiger partial charge in [0.05, 0.1) is 4.90 Å². The summed E-state index contributed by atoms with van der Waals surface area (Å²) in [7, 11) is -3.89. The SMILES string of the molecule is O=C(NCc1ccc(F)cc1)C1=C(S(=O)(=O)c2ccc(Cl)cc2)SNN1. The van der Waals surface area contributed by atoms with Crippen LogP contribution in [0, 0.1) is 5.82 Å². The molecule has 0 aliphatic carbocycles. The van der Waals surface area contributed by atoms with Crippen LogP contribution in [0.15, 0.2) is 63.4 Å². The van der Waals surface area contributed by atoms with Crippen molar-refractivity contribution in [2.75, 3.05) is 0 Å². The zero-order valence-electron chi connectivity index (χ0n) is 13.1. The van der Waals surface area contributed by atoms with E-state index in [4.69, 9.17) is 11.6 Å². The standard InChI is InChI=1S/C16H13ClFN3O3S2/c17-11-3-7-13(8-4-11)26(23,24)16-14(20-21-25-16)15(22)19-9-10-1-5-12(18)6-2-10/h1-8,20-21H,9H2,(H,19,22). The van der Waals surface area contributed by atoms with Crippen molar-refractivity contribution < 1.29 is 17.6 Å². The first-order chi connectivity index (χ1) is 12.4. The number of halogens is 2. The molecule has 1 amide bonds. The molecule has 1 aliphatic rings. The summed E-state index contributed by atoms with van der Waals surface area (Å²) >= 11 is 6.58. The molecule has 0 bridgehead atoms. The predicted octanol–water partition coefficient (Wildman–Crippen LogP) is 2.49. The number of hydrogen-bond donors (Lipinski definition) is 3. The minimum Gasteiger partial charge on any atom is -0.347 e. The summed E-state index contributed by atoms with van der Waals surface area (Å²) in [5.41, 5.74) is 3.13. The number of rotatable bonds is 5. The molecule has 6 nitrogen and oxygen atoms in total. The second-order valence-corrected chi connectivity index (χ2v) is 8.66. The first-order valence-electron chi connectivity index (χ1n) is 7.33. The third-order valence-corrected chi connectivity index (χ3v) is 6.82. The Morgan fingerprint density at radius 1 is 1.12 bits per heavy atom. The van der Waals surface area contributed by atoms with E-state index in [1.54, 1.807) is 0 Å². The Bertz CT molecular complexity index is 961. The number of hydrazine groups is 1. The molecule has 0 saturated heterocycles. The van der Waals surface area contributed by atoms with Gasteiger partial charge in [0.15, 0.2) is 4.24 Å². The number of hydrogen-bond acceptors (Lipinski definition) is 6. The van der Waals surface area contributed by atoms with E-state index in [9.17, 15) is 17.6 Å². The molecule has 0 unspecified atom stereocenters. The quantitative estimate of drug-likeness (QED) is 0.653. The van der Waals surface area contributed by atoms with Gasteiger partial charge in [-0.2, -0.15) is 4.83 Å². The maximum atomic E-state index is 12.9. The zero-order valence-corrected chi connectivity index (χ0v) is 15.5. The molecule has 1 heterocycles. The highest BCUT2D eigenvalue weighted by Gasteiger charge is 2.32. The first kappa shape index (κ1) is 18.7. The molecule has 10 heteroatoms. The molecule has 2 aromatic carbocycles. The van der Waals surface area contributed by atoms with Gasteiger partial charge in [0.1, 0.15) is 11.5 Å². The number of sulfone groups is 1. The Balaban J connectivity index is 1.81. The van der Waals surface area contributed by atoms with Gasteiger partial charge in [-0.25, -0.2) is 12.8 Å². The summed E-state index contributed by atoms with van der Waals surface area (Å²) in [6, 6.07) is 11.3. The number of nitrogens with one attached hydrogen (secondary N) is 3. The van der Waals surface area contributed by atoms with Crippen molar-refractivity contribution in [3.05, 3.63) is 74.9 Å². The highest BCUT2D eigenvalue weighted by Crippen LogP contribution is 2.32. The van der Waals surface area contributed by atoms with Crippen LogP contribution in [-0.2, 0) is 21.2 Å². The molecule has 0 saturated carbocycles. The largest absolute Gasteiger partial charge is 0.347 e. The van der Waals surface area contributed by atoms with Gasteiger partial charge in [0.2, 0.25) is 9.84 Å². The molecule has 2 aromatic rings. The van der Waals surface area contributed by atoms with E-state index < -0.39 is 15.7 Å². The van der Waals surface area contributed by atoms with Crippen LogP contribution < -0.4 is 15.6 Å². The summed E-state index contributed by atoms with van der Waals surface area (Å²) < 4.78 is 38.3. The van der Waals surface area contributed by atoms with Crippen LogP contribution >= 0.6 is 23.5 Å². The van der Waals surface area contributed by atoms with E-state index in [2.05, 4.69) is 15.6 Å². The first-order valence-corrected chi connectivity index (χ1v) is 10.0. The molecule has 0 atom stereocenters. The number of benzene rings is 2. The van der Waals surface area contributed by atoms with E-state index in [0.717, 1.165) is 11.9 Å². The number of carbonyl (C=O) groups is 1. The fourth-order valence-corrected chi connectivity index (χ4v) is 4.75. The summed E-state index contributed by atoms with van der Waals surface area (Å²) in [6.07, 6.45) is 0. The van der Waals surface area contributed by atoms with E-state index >= 15 is 0 Å². The van der Waals surface area contributed by atoms with Crippen molar-refractivity contribution in [2.24, 2.45) is 0 Å². The van der Waals surface area contributed by atoms with Crippen molar-refractivity contribution in [1.29, 1.82) is 0 Å². The number of carbonyl (C=O) groups excluding carboxylic acids is 1. The van der Waals surface area contributed by atoms with Crippen LogP contribution in [0.4, 0.5) is 4.39 Å². The van der Waals surface area contributed by atoms with Crippen LogP contribution in [0.1, 0.15) is 5.56 Å². The van der Waals surface area contributed by atoms with Gasteiger partial charge >= 0.3 is 0 Å². The molecule has 0 aromatic heterocycles. The van der Waals surface area contributed by atoms with Gasteiger partial charge in [-0.05, 0) is 53.9 Å². The normalized spacial score (nSPS) is 14.2. The van der Waals surface area contributed by atoms with Crippen LogP contribution in [-0.4, -0.2) is 14.3 Å². The Morgan fingerprint density at radius 3 is 2.42 bits per heavy atom. The highest BCUT2D eigenvalue weighted by atomic mass is 35.5. The molecule has 1 aliphatic heterocycles. The lowest BCUT2D eigenvalue weighted by molar-refractivity contribution is -0.118. The van der Waals surface area contributed by atoms with Crippen LogP contribution in [0.2, 0.25) is 5.02 Å². The average molecular weight is 414 g/mol. The fraction of sp³-hybridized carbons (Fsp3) is 0.0625. The van der Waals surface area contributed by atoms with Crippen LogP contribution in [0.5, 0.6) is 0 Å². The summed E-state index contributed by atoms with van der Waals surface area (Å²) in [5.74, 6) is -0.975. The maximum Gasteiger partial charge on any atom is 0.270 e. The van der Waals surface area contributed by atoms with E-state index in [0.29, 0.717) is 10.6 Å². The van der Waals surface area contributed by atoms with Gasteiger partial charge in [0, 0.05) is 11.6 Å². The van der Waals surface area contributed by atoms with E-state index in [-0.39, 0.29) is 27.2 Å². The van der Waals surface area contributed by atoms with Crippen molar-refractivity contribution in [1.82, 2.24) is 15.6 Å². The molecule has 3 N–H and O–H groups in total. The van der Waals surface area contributed by atoms with Crippen molar-refractivity contribution in [3.8, 4) is 0 Å². The molecule has 0 radical (unpaired) electrons. The smallest absolute Gasteiger partial charge is 0.270 e. The molecule has 0 fully saturated rings. The Kier molecular flexibility index (Phi) is 5.52. The monoisotopic (exact) mass is 413 g/mol. The average Bonchev–Trinajstić information content (AvgIpc) is 3.12. The van der Waals surface area contributed by atoms with Crippen molar-refractivity contribution in [3.63, 3.8) is 0 Å². The minimum absolute atomic E-state index is 0.0266. The Labute approximate surface area is 158 Å². The highest BCUT2D eigenvalue weighted by molar-refractivity contribution is 8.18. The molecule has 3 rings (SSSR count). The topological polar surface area (TPSA) is 87.3 Å². The van der Waals surface area contributed by atoms with E-state index in [1.807, 2.05) is 0 Å². The van der Waals surface area contributed by atoms with Crippen LogP contribution in [0.25, 0.3) is 0 Å². The lowest BCUT2D eigenvalue weighted by atomic mass is 10.2. The van der Waals surface area contributed by atoms with Crippen molar-refractivity contribution >= 4 is 39.3 Å². The van der Waals surface area contributed by atoms with Gasteiger partial charge < -0.3 is 10.7 Å².